The van der Waals surface area contributed by atoms with Crippen LogP contribution in [0.15, 0.2) is 24.3 Å². The topological polar surface area (TPSA) is 66.5 Å². The van der Waals surface area contributed by atoms with Gasteiger partial charge in [0.25, 0.3) is 0 Å². The van der Waals surface area contributed by atoms with E-state index in [0.717, 1.165) is 11.1 Å². The van der Waals surface area contributed by atoms with E-state index in [4.69, 9.17) is 0 Å². The van der Waals surface area contributed by atoms with Crippen molar-refractivity contribution in [1.82, 2.24) is 9.62 Å². The summed E-state index contributed by atoms with van der Waals surface area (Å²) in [6.07, 6.45) is 1.49. The number of rotatable bonds is 7. The summed E-state index contributed by atoms with van der Waals surface area (Å²) in [5.74, 6) is -0.0993. The van der Waals surface area contributed by atoms with E-state index in [9.17, 15) is 13.2 Å². The second kappa shape index (κ2) is 7.56. The maximum atomic E-state index is 11.8. The van der Waals surface area contributed by atoms with E-state index in [1.54, 1.807) is 0 Å². The molecule has 0 radical (unpaired) electrons. The van der Waals surface area contributed by atoms with Gasteiger partial charge >= 0.3 is 0 Å². The Morgan fingerprint density at radius 3 is 2.52 bits per heavy atom. The lowest BCUT2D eigenvalue weighted by atomic mass is 10.1. The minimum Gasteiger partial charge on any atom is -0.354 e. The second-order valence-corrected chi connectivity index (χ2v) is 7.42. The molecule has 0 saturated carbocycles. The van der Waals surface area contributed by atoms with Crippen LogP contribution in [0.5, 0.6) is 0 Å². The van der Waals surface area contributed by atoms with E-state index in [1.165, 1.54) is 10.6 Å². The minimum atomic E-state index is -3.24. The Morgan fingerprint density at radius 2 is 2.00 bits per heavy atom. The Morgan fingerprint density at radius 1 is 1.33 bits per heavy atom. The molecule has 0 spiro atoms. The van der Waals surface area contributed by atoms with Crippen LogP contribution >= 0.6 is 0 Å². The molecule has 118 valence electrons. The average Bonchev–Trinajstić information content (AvgIpc) is 2.32. The van der Waals surface area contributed by atoms with Gasteiger partial charge in [-0.05, 0) is 26.3 Å². The lowest BCUT2D eigenvalue weighted by Gasteiger charge is -2.23. The second-order valence-electron chi connectivity index (χ2n) is 5.48. The third kappa shape index (κ3) is 6.27. The number of nitrogens with zero attached hydrogens (tertiary/aromatic N) is 1. The molecule has 1 aromatic carbocycles. The average molecular weight is 312 g/mol. The van der Waals surface area contributed by atoms with Gasteiger partial charge in [0, 0.05) is 19.1 Å². The number of hydrogen-bond donors (Lipinski definition) is 1. The fraction of sp³-hybridized carbons (Fsp3) is 0.533. The first-order valence-electron chi connectivity index (χ1n) is 6.99. The van der Waals surface area contributed by atoms with Crippen molar-refractivity contribution in [3.05, 3.63) is 35.4 Å². The maximum Gasteiger partial charge on any atom is 0.224 e. The molecule has 21 heavy (non-hydrogen) atoms. The summed E-state index contributed by atoms with van der Waals surface area (Å²) in [6, 6.07) is 7.66. The van der Waals surface area contributed by atoms with Crippen molar-refractivity contribution in [2.75, 3.05) is 19.3 Å². The van der Waals surface area contributed by atoms with Gasteiger partial charge in [0.15, 0.2) is 0 Å². The Hall–Kier alpha value is -1.40. The molecule has 0 aliphatic rings. The SMILES string of the molecule is Cc1cccc(CC(=O)NCCN(C(C)C)S(C)(=O)=O)c1. The molecular weight excluding hydrogens is 288 g/mol. The summed E-state index contributed by atoms with van der Waals surface area (Å²) >= 11 is 0. The molecule has 1 aromatic rings. The number of aryl methyl sites for hydroxylation is 1. The third-order valence-electron chi connectivity index (χ3n) is 3.10. The van der Waals surface area contributed by atoms with Gasteiger partial charge in [-0.3, -0.25) is 4.79 Å². The highest BCUT2D eigenvalue weighted by atomic mass is 32.2. The van der Waals surface area contributed by atoms with Crippen LogP contribution in [0.2, 0.25) is 0 Å². The Balaban J connectivity index is 2.46. The lowest BCUT2D eigenvalue weighted by Crippen LogP contribution is -2.42. The molecular formula is C15H24N2O3S. The molecule has 0 aliphatic heterocycles. The minimum absolute atomic E-state index is 0.0993. The molecule has 6 heteroatoms. The van der Waals surface area contributed by atoms with E-state index >= 15 is 0 Å². The summed E-state index contributed by atoms with van der Waals surface area (Å²) in [7, 11) is -3.24. The van der Waals surface area contributed by atoms with Gasteiger partial charge in [0.2, 0.25) is 15.9 Å². The summed E-state index contributed by atoms with van der Waals surface area (Å²) in [4.78, 5) is 11.8. The standard InChI is InChI=1S/C15H24N2O3S/c1-12(2)17(21(4,19)20)9-8-16-15(18)11-14-7-5-6-13(3)10-14/h5-7,10,12H,8-9,11H2,1-4H3,(H,16,18). The lowest BCUT2D eigenvalue weighted by molar-refractivity contribution is -0.120. The van der Waals surface area contributed by atoms with Crippen molar-refractivity contribution in [3.63, 3.8) is 0 Å². The van der Waals surface area contributed by atoms with Crippen LogP contribution in [0.1, 0.15) is 25.0 Å². The Kier molecular flexibility index (Phi) is 6.36. The maximum absolute atomic E-state index is 11.8. The van der Waals surface area contributed by atoms with E-state index in [1.807, 2.05) is 45.0 Å². The van der Waals surface area contributed by atoms with Gasteiger partial charge in [-0.1, -0.05) is 29.8 Å². The van der Waals surface area contributed by atoms with Crippen LogP contribution in [0.3, 0.4) is 0 Å². The number of hydrogen-bond acceptors (Lipinski definition) is 3. The molecule has 0 fully saturated rings. The van der Waals surface area contributed by atoms with Crippen LogP contribution in [0.4, 0.5) is 0 Å². The predicted molar refractivity (Wildman–Crippen MR) is 84.6 cm³/mol. The summed E-state index contributed by atoms with van der Waals surface area (Å²) in [5.41, 5.74) is 2.07. The van der Waals surface area contributed by atoms with E-state index in [2.05, 4.69) is 5.32 Å². The highest BCUT2D eigenvalue weighted by Crippen LogP contribution is 2.05. The number of carbonyl (C=O) groups is 1. The zero-order valence-corrected chi connectivity index (χ0v) is 13.9. The number of carbonyl (C=O) groups excluding carboxylic acids is 1. The zero-order valence-electron chi connectivity index (χ0n) is 13.1. The molecule has 1 amide bonds. The Bertz CT molecular complexity index is 582. The molecule has 0 atom stereocenters. The molecule has 0 heterocycles. The highest BCUT2D eigenvalue weighted by Gasteiger charge is 2.19. The summed E-state index contributed by atoms with van der Waals surface area (Å²) < 4.78 is 24.6. The molecule has 1 N–H and O–H groups in total. The van der Waals surface area contributed by atoms with Gasteiger partial charge in [-0.15, -0.1) is 0 Å². The van der Waals surface area contributed by atoms with Crippen molar-refractivity contribution in [1.29, 1.82) is 0 Å². The van der Waals surface area contributed by atoms with Gasteiger partial charge < -0.3 is 5.32 Å². The fourth-order valence-corrected chi connectivity index (χ4v) is 3.37. The first-order valence-corrected chi connectivity index (χ1v) is 8.84. The first kappa shape index (κ1) is 17.7. The molecule has 5 nitrogen and oxygen atoms in total. The van der Waals surface area contributed by atoms with Crippen LogP contribution in [-0.4, -0.2) is 44.0 Å². The normalized spacial score (nSPS) is 11.9. The molecule has 0 bridgehead atoms. The molecule has 0 unspecified atom stereocenters. The smallest absolute Gasteiger partial charge is 0.224 e. The van der Waals surface area contributed by atoms with Crippen molar-refractivity contribution in [2.24, 2.45) is 0 Å². The predicted octanol–water partition coefficient (Wildman–Crippen LogP) is 1.32. The fourth-order valence-electron chi connectivity index (χ4n) is 2.18. The number of nitrogens with one attached hydrogen (secondary N) is 1. The molecule has 0 aromatic heterocycles. The highest BCUT2D eigenvalue weighted by molar-refractivity contribution is 7.88. The van der Waals surface area contributed by atoms with Gasteiger partial charge in [-0.25, -0.2) is 8.42 Å². The molecule has 0 saturated heterocycles. The largest absolute Gasteiger partial charge is 0.354 e. The van der Waals surface area contributed by atoms with E-state index in [0.29, 0.717) is 13.0 Å². The van der Waals surface area contributed by atoms with E-state index in [-0.39, 0.29) is 18.5 Å². The number of amides is 1. The monoisotopic (exact) mass is 312 g/mol. The number of sulfonamides is 1. The van der Waals surface area contributed by atoms with Crippen LogP contribution < -0.4 is 5.32 Å². The first-order chi connectivity index (χ1) is 9.70. The third-order valence-corrected chi connectivity index (χ3v) is 4.56. The van der Waals surface area contributed by atoms with Gasteiger partial charge in [-0.2, -0.15) is 4.31 Å². The van der Waals surface area contributed by atoms with Crippen molar-refractivity contribution >= 4 is 15.9 Å². The van der Waals surface area contributed by atoms with E-state index < -0.39 is 10.0 Å². The van der Waals surface area contributed by atoms with Crippen molar-refractivity contribution < 1.29 is 13.2 Å². The Labute approximate surface area is 127 Å². The number of benzene rings is 1. The zero-order chi connectivity index (χ0) is 16.0. The summed E-state index contributed by atoms with van der Waals surface area (Å²) in [6.45, 7) is 6.21. The van der Waals surface area contributed by atoms with Crippen molar-refractivity contribution in [2.45, 2.75) is 33.2 Å². The van der Waals surface area contributed by atoms with Gasteiger partial charge in [0.05, 0.1) is 12.7 Å². The van der Waals surface area contributed by atoms with Crippen LogP contribution in [0, 0.1) is 6.92 Å². The van der Waals surface area contributed by atoms with Crippen molar-refractivity contribution in [3.8, 4) is 0 Å². The molecule has 1 rings (SSSR count). The van der Waals surface area contributed by atoms with Crippen LogP contribution in [0.25, 0.3) is 0 Å². The molecule has 0 aliphatic carbocycles. The van der Waals surface area contributed by atoms with Crippen LogP contribution in [-0.2, 0) is 21.2 Å². The quantitative estimate of drug-likeness (QED) is 0.826. The van der Waals surface area contributed by atoms with Gasteiger partial charge in [0.1, 0.15) is 0 Å². The summed E-state index contributed by atoms with van der Waals surface area (Å²) in [5, 5.41) is 2.76.